The van der Waals surface area contributed by atoms with E-state index in [1.165, 1.54) is 18.8 Å². The van der Waals surface area contributed by atoms with Gasteiger partial charge in [0.05, 0.1) is 11.5 Å². The second-order valence-electron chi connectivity index (χ2n) is 7.61. The summed E-state index contributed by atoms with van der Waals surface area (Å²) < 4.78 is 5.37. The van der Waals surface area contributed by atoms with Crippen molar-refractivity contribution in [1.82, 2.24) is 15.8 Å². The number of nitrogens with zero attached hydrogens (tertiary/aromatic N) is 1. The van der Waals surface area contributed by atoms with Crippen LogP contribution >= 0.6 is 0 Å². The quantitative estimate of drug-likeness (QED) is 0.278. The molecule has 0 radical (unpaired) electrons. The molecule has 5 N–H and O–H groups in total. The maximum absolute atomic E-state index is 12.9. The molecule has 1 aromatic rings. The fraction of sp³-hybridized carbons (Fsp3) is 0.579. The van der Waals surface area contributed by atoms with Crippen molar-refractivity contribution < 1.29 is 29.4 Å². The SMILES string of the molecule is COC(C)(C)C(NC(=O)C(CC(C)C)C(O)C(=O)NO)C(=O)Nc1ccccn1. The molecule has 3 unspecified atom stereocenters. The fourth-order valence-corrected chi connectivity index (χ4v) is 2.69. The molecule has 0 aliphatic heterocycles. The number of aromatic nitrogens is 1. The van der Waals surface area contributed by atoms with Gasteiger partial charge in [0.25, 0.3) is 11.8 Å². The Morgan fingerprint density at radius 3 is 2.31 bits per heavy atom. The van der Waals surface area contributed by atoms with Crippen LogP contribution in [0.3, 0.4) is 0 Å². The van der Waals surface area contributed by atoms with E-state index in [1.807, 2.05) is 13.8 Å². The molecule has 1 heterocycles. The van der Waals surface area contributed by atoms with Crippen molar-refractivity contribution in [2.75, 3.05) is 12.4 Å². The second kappa shape index (κ2) is 10.8. The lowest BCUT2D eigenvalue weighted by Crippen LogP contribution is -2.59. The molecule has 10 heteroatoms. The van der Waals surface area contributed by atoms with Crippen molar-refractivity contribution in [2.45, 2.75) is 51.9 Å². The average Bonchev–Trinajstić information content (AvgIpc) is 2.69. The van der Waals surface area contributed by atoms with Crippen molar-refractivity contribution in [3.8, 4) is 0 Å². The van der Waals surface area contributed by atoms with Crippen LogP contribution in [0.1, 0.15) is 34.1 Å². The molecule has 0 fully saturated rings. The highest BCUT2D eigenvalue weighted by molar-refractivity contribution is 5.98. The number of ether oxygens (including phenoxy) is 1. The molecule has 1 aromatic heterocycles. The first-order valence-corrected chi connectivity index (χ1v) is 9.22. The minimum absolute atomic E-state index is 0.0388. The van der Waals surface area contributed by atoms with Gasteiger partial charge in [-0.15, -0.1) is 0 Å². The summed E-state index contributed by atoms with van der Waals surface area (Å²) in [5, 5.41) is 24.1. The number of pyridine rings is 1. The zero-order chi connectivity index (χ0) is 22.2. The maximum Gasteiger partial charge on any atom is 0.272 e. The first-order chi connectivity index (χ1) is 13.5. The van der Waals surface area contributed by atoms with Gasteiger partial charge in [0.2, 0.25) is 5.91 Å². The van der Waals surface area contributed by atoms with Crippen LogP contribution in [-0.4, -0.2) is 57.9 Å². The van der Waals surface area contributed by atoms with Crippen LogP contribution < -0.4 is 16.1 Å². The predicted molar refractivity (Wildman–Crippen MR) is 105 cm³/mol. The molecule has 0 aliphatic carbocycles. The van der Waals surface area contributed by atoms with Crippen LogP contribution in [0.15, 0.2) is 24.4 Å². The van der Waals surface area contributed by atoms with Gasteiger partial charge < -0.3 is 20.5 Å². The van der Waals surface area contributed by atoms with E-state index in [0.29, 0.717) is 5.82 Å². The number of hydrogen-bond donors (Lipinski definition) is 5. The van der Waals surface area contributed by atoms with Gasteiger partial charge in [-0.1, -0.05) is 19.9 Å². The molecule has 3 amide bonds. The molecule has 0 bridgehead atoms. The van der Waals surface area contributed by atoms with E-state index in [9.17, 15) is 19.5 Å². The van der Waals surface area contributed by atoms with Gasteiger partial charge in [-0.2, -0.15) is 0 Å². The standard InChI is InChI=1S/C19H30N4O6/c1-11(2)10-12(14(24)17(26)23-28)16(25)22-15(19(3,4)29-5)18(27)21-13-8-6-7-9-20-13/h6-9,11-12,14-15,24,28H,10H2,1-5H3,(H,22,25)(H,23,26)(H,20,21,27). The Hall–Kier alpha value is -2.56. The molecule has 10 nitrogen and oxygen atoms in total. The number of hydroxylamine groups is 1. The number of anilines is 1. The van der Waals surface area contributed by atoms with Gasteiger partial charge >= 0.3 is 0 Å². The molecule has 0 spiro atoms. The number of hydrogen-bond acceptors (Lipinski definition) is 7. The normalized spacial score (nSPS) is 14.6. The zero-order valence-corrected chi connectivity index (χ0v) is 17.3. The molecular weight excluding hydrogens is 380 g/mol. The summed E-state index contributed by atoms with van der Waals surface area (Å²) in [6, 6.07) is 3.83. The molecule has 1 rings (SSSR count). The van der Waals surface area contributed by atoms with Crippen molar-refractivity contribution >= 4 is 23.5 Å². The monoisotopic (exact) mass is 410 g/mol. The van der Waals surface area contributed by atoms with Gasteiger partial charge in [0, 0.05) is 13.3 Å². The summed E-state index contributed by atoms with van der Waals surface area (Å²) in [7, 11) is 1.40. The average molecular weight is 410 g/mol. The van der Waals surface area contributed by atoms with Gasteiger partial charge in [-0.25, -0.2) is 10.5 Å². The first-order valence-electron chi connectivity index (χ1n) is 9.22. The van der Waals surface area contributed by atoms with Crippen molar-refractivity contribution in [3.05, 3.63) is 24.4 Å². The highest BCUT2D eigenvalue weighted by atomic mass is 16.5. The van der Waals surface area contributed by atoms with Gasteiger partial charge in [-0.05, 0) is 38.3 Å². The topological polar surface area (TPSA) is 150 Å². The lowest BCUT2D eigenvalue weighted by atomic mass is 9.89. The van der Waals surface area contributed by atoms with E-state index in [0.717, 1.165) is 0 Å². The lowest BCUT2D eigenvalue weighted by Gasteiger charge is -2.34. The summed E-state index contributed by atoms with van der Waals surface area (Å²) in [5.74, 6) is -3.33. The molecular formula is C19H30N4O6. The van der Waals surface area contributed by atoms with E-state index in [2.05, 4.69) is 15.6 Å². The molecule has 0 saturated heterocycles. The number of methoxy groups -OCH3 is 1. The molecule has 0 aromatic carbocycles. The van der Waals surface area contributed by atoms with Crippen molar-refractivity contribution in [2.24, 2.45) is 11.8 Å². The molecule has 29 heavy (non-hydrogen) atoms. The van der Waals surface area contributed by atoms with Crippen LogP contribution in [0.2, 0.25) is 0 Å². The number of carbonyl (C=O) groups excluding carboxylic acids is 3. The van der Waals surface area contributed by atoms with E-state index in [-0.39, 0.29) is 12.3 Å². The molecule has 3 atom stereocenters. The summed E-state index contributed by atoms with van der Waals surface area (Å²) in [6.45, 7) is 6.86. The fourth-order valence-electron chi connectivity index (χ4n) is 2.69. The van der Waals surface area contributed by atoms with Crippen LogP contribution in [0.4, 0.5) is 5.82 Å². The molecule has 0 saturated carbocycles. The number of amides is 3. The summed E-state index contributed by atoms with van der Waals surface area (Å²) in [6.07, 6.45) is -0.122. The third-order valence-electron chi connectivity index (χ3n) is 4.51. The van der Waals surface area contributed by atoms with Gasteiger partial charge in [0.1, 0.15) is 18.0 Å². The maximum atomic E-state index is 12.9. The third-order valence-corrected chi connectivity index (χ3v) is 4.51. The van der Waals surface area contributed by atoms with Gasteiger partial charge in [0.15, 0.2) is 0 Å². The second-order valence-corrected chi connectivity index (χ2v) is 7.61. The highest BCUT2D eigenvalue weighted by Gasteiger charge is 2.40. The Bertz CT molecular complexity index is 695. The highest BCUT2D eigenvalue weighted by Crippen LogP contribution is 2.20. The van der Waals surface area contributed by atoms with Crippen molar-refractivity contribution in [3.63, 3.8) is 0 Å². The Morgan fingerprint density at radius 2 is 1.83 bits per heavy atom. The van der Waals surface area contributed by atoms with Crippen molar-refractivity contribution in [1.29, 1.82) is 0 Å². The van der Waals surface area contributed by atoms with E-state index in [1.54, 1.807) is 32.0 Å². The number of nitrogens with one attached hydrogen (secondary N) is 3. The number of aliphatic hydroxyl groups is 1. The minimum atomic E-state index is -1.78. The van der Waals surface area contributed by atoms with Crippen LogP contribution in [-0.2, 0) is 19.1 Å². The first kappa shape index (κ1) is 24.5. The summed E-state index contributed by atoms with van der Waals surface area (Å²) in [5.41, 5.74) is 0.232. The zero-order valence-electron chi connectivity index (χ0n) is 17.3. The predicted octanol–water partition coefficient (Wildman–Crippen LogP) is 0.459. The summed E-state index contributed by atoms with van der Waals surface area (Å²) >= 11 is 0. The number of aliphatic hydroxyl groups excluding tert-OH is 1. The summed E-state index contributed by atoms with van der Waals surface area (Å²) in [4.78, 5) is 41.4. The van der Waals surface area contributed by atoms with Crippen LogP contribution in [0.25, 0.3) is 0 Å². The minimum Gasteiger partial charge on any atom is -0.382 e. The largest absolute Gasteiger partial charge is 0.382 e. The number of rotatable bonds is 10. The van der Waals surface area contributed by atoms with E-state index < -0.39 is 41.4 Å². The van der Waals surface area contributed by atoms with Crippen LogP contribution in [0.5, 0.6) is 0 Å². The smallest absolute Gasteiger partial charge is 0.272 e. The Kier molecular flexibility index (Phi) is 9.15. The van der Waals surface area contributed by atoms with Crippen LogP contribution in [0, 0.1) is 11.8 Å². The van der Waals surface area contributed by atoms with E-state index >= 15 is 0 Å². The third kappa shape index (κ3) is 7.08. The Morgan fingerprint density at radius 1 is 1.17 bits per heavy atom. The van der Waals surface area contributed by atoms with Gasteiger partial charge in [-0.3, -0.25) is 19.6 Å². The molecule has 0 aliphatic rings. The Balaban J connectivity index is 3.10. The molecule has 162 valence electrons. The lowest BCUT2D eigenvalue weighted by molar-refractivity contribution is -0.148. The Labute approximate surface area is 170 Å². The number of carbonyl (C=O) groups is 3. The van der Waals surface area contributed by atoms with E-state index in [4.69, 9.17) is 9.94 Å².